The van der Waals surface area contributed by atoms with Gasteiger partial charge in [0.25, 0.3) is 0 Å². The predicted octanol–water partition coefficient (Wildman–Crippen LogP) is 2.80. The van der Waals surface area contributed by atoms with Crippen molar-refractivity contribution in [2.75, 3.05) is 0 Å². The molecule has 0 unspecified atom stereocenters. The van der Waals surface area contributed by atoms with Gasteiger partial charge in [0.05, 0.1) is 10.7 Å². The van der Waals surface area contributed by atoms with Crippen molar-refractivity contribution in [1.82, 2.24) is 4.98 Å². The van der Waals surface area contributed by atoms with Crippen LogP contribution in [0.3, 0.4) is 0 Å². The van der Waals surface area contributed by atoms with E-state index in [1.54, 1.807) is 6.07 Å². The van der Waals surface area contributed by atoms with Gasteiger partial charge in [-0.15, -0.1) is 11.3 Å². The predicted molar refractivity (Wildman–Crippen MR) is 73.5 cm³/mol. The minimum absolute atomic E-state index is 0.163. The van der Waals surface area contributed by atoms with Crippen molar-refractivity contribution >= 4 is 28.5 Å². The van der Waals surface area contributed by atoms with E-state index in [1.165, 1.54) is 23.5 Å². The zero-order chi connectivity index (χ0) is 13.1. The van der Waals surface area contributed by atoms with Crippen LogP contribution in [0, 0.1) is 12.7 Å². The van der Waals surface area contributed by atoms with E-state index in [1.807, 2.05) is 12.3 Å². The van der Waals surface area contributed by atoms with E-state index in [4.69, 9.17) is 22.7 Å². The third kappa shape index (κ3) is 3.02. The van der Waals surface area contributed by atoms with Gasteiger partial charge in [0.1, 0.15) is 11.6 Å². The van der Waals surface area contributed by atoms with Gasteiger partial charge in [0.2, 0.25) is 0 Å². The molecule has 2 rings (SSSR count). The molecule has 2 N–H and O–H groups in total. The second-order valence-corrected chi connectivity index (χ2v) is 5.16. The fraction of sp³-hybridized carbons (Fsp3) is 0.167. The third-order valence-corrected chi connectivity index (χ3v) is 3.32. The van der Waals surface area contributed by atoms with Crippen molar-refractivity contribution < 1.29 is 9.13 Å². The highest BCUT2D eigenvalue weighted by atomic mass is 32.1. The fourth-order valence-electron chi connectivity index (χ4n) is 1.40. The second kappa shape index (κ2) is 5.41. The molecule has 94 valence electrons. The van der Waals surface area contributed by atoms with Crippen LogP contribution in [0.4, 0.5) is 4.39 Å². The molecular weight excluding hydrogens is 271 g/mol. The van der Waals surface area contributed by atoms with Crippen molar-refractivity contribution in [1.29, 1.82) is 0 Å². The smallest absolute Gasteiger partial charge is 0.165 e. The van der Waals surface area contributed by atoms with Crippen LogP contribution in [-0.2, 0) is 6.61 Å². The molecular formula is C12H11FN2OS2. The van der Waals surface area contributed by atoms with E-state index in [2.05, 4.69) is 4.98 Å². The van der Waals surface area contributed by atoms with Crippen LogP contribution < -0.4 is 10.5 Å². The molecule has 1 aromatic carbocycles. The minimum Gasteiger partial charge on any atom is -0.484 e. The summed E-state index contributed by atoms with van der Waals surface area (Å²) < 4.78 is 19.0. The van der Waals surface area contributed by atoms with Gasteiger partial charge in [-0.05, 0) is 25.1 Å². The number of aryl methyl sites for hydroxylation is 1. The molecule has 0 aliphatic rings. The Morgan fingerprint density at radius 1 is 1.56 bits per heavy atom. The Morgan fingerprint density at radius 3 is 2.89 bits per heavy atom. The molecule has 0 saturated carbocycles. The summed E-state index contributed by atoms with van der Waals surface area (Å²) in [6.45, 7) is 2.15. The molecule has 0 radical (unpaired) electrons. The zero-order valence-electron chi connectivity index (χ0n) is 9.64. The normalized spacial score (nSPS) is 10.3. The summed E-state index contributed by atoms with van der Waals surface area (Å²) in [5.74, 6) is -0.312. The number of aromatic nitrogens is 1. The van der Waals surface area contributed by atoms with Gasteiger partial charge in [-0.25, -0.2) is 9.37 Å². The van der Waals surface area contributed by atoms with Gasteiger partial charge in [-0.1, -0.05) is 12.2 Å². The van der Waals surface area contributed by atoms with Crippen molar-refractivity contribution in [3.05, 3.63) is 45.7 Å². The molecule has 18 heavy (non-hydrogen) atoms. The number of nitrogens with zero attached hydrogens (tertiary/aromatic N) is 1. The maximum Gasteiger partial charge on any atom is 0.165 e. The summed E-state index contributed by atoms with van der Waals surface area (Å²) in [4.78, 5) is 4.39. The lowest BCUT2D eigenvalue weighted by Crippen LogP contribution is -2.09. The first-order valence-corrected chi connectivity index (χ1v) is 6.48. The van der Waals surface area contributed by atoms with Crippen molar-refractivity contribution in [2.24, 2.45) is 5.73 Å². The molecule has 1 heterocycles. The Kier molecular flexibility index (Phi) is 3.88. The summed E-state index contributed by atoms with van der Waals surface area (Å²) in [5, 5.41) is 2.84. The summed E-state index contributed by atoms with van der Waals surface area (Å²) in [7, 11) is 0. The monoisotopic (exact) mass is 282 g/mol. The number of halogens is 1. The quantitative estimate of drug-likeness (QED) is 0.876. The molecule has 3 nitrogen and oxygen atoms in total. The second-order valence-electron chi connectivity index (χ2n) is 3.66. The number of ether oxygens (including phenoxy) is 1. The van der Waals surface area contributed by atoms with E-state index >= 15 is 0 Å². The highest BCUT2D eigenvalue weighted by molar-refractivity contribution is 7.80. The molecule has 0 amide bonds. The fourth-order valence-corrected chi connectivity index (χ4v) is 2.12. The molecule has 0 aliphatic carbocycles. The molecule has 6 heteroatoms. The zero-order valence-corrected chi connectivity index (χ0v) is 11.3. The van der Waals surface area contributed by atoms with E-state index in [0.717, 1.165) is 10.7 Å². The summed E-state index contributed by atoms with van der Waals surface area (Å²) in [5.41, 5.74) is 6.69. The molecule has 0 aliphatic heterocycles. The number of thiocarbonyl (C=S) groups is 1. The van der Waals surface area contributed by atoms with Crippen LogP contribution in [0.2, 0.25) is 0 Å². The number of hydrogen-bond acceptors (Lipinski definition) is 4. The Hall–Kier alpha value is -1.53. The van der Waals surface area contributed by atoms with Gasteiger partial charge in [-0.3, -0.25) is 0 Å². The maximum absolute atomic E-state index is 13.7. The number of benzene rings is 1. The Morgan fingerprint density at radius 2 is 2.33 bits per heavy atom. The van der Waals surface area contributed by atoms with Gasteiger partial charge in [-0.2, -0.15) is 0 Å². The summed E-state index contributed by atoms with van der Waals surface area (Å²) in [6.07, 6.45) is 0. The van der Waals surface area contributed by atoms with E-state index < -0.39 is 5.82 Å². The molecule has 0 bridgehead atoms. The number of thiazole rings is 1. The SMILES string of the molecule is Cc1nc(COc2ccc(C(N)=S)cc2F)cs1. The number of rotatable bonds is 4. The molecule has 1 aromatic heterocycles. The third-order valence-electron chi connectivity index (χ3n) is 2.26. The molecule has 0 atom stereocenters. The lowest BCUT2D eigenvalue weighted by molar-refractivity contribution is 0.286. The van der Waals surface area contributed by atoms with Crippen LogP contribution in [0.25, 0.3) is 0 Å². The van der Waals surface area contributed by atoms with Crippen LogP contribution in [-0.4, -0.2) is 9.97 Å². The number of hydrogen-bond donors (Lipinski definition) is 1. The minimum atomic E-state index is -0.479. The van der Waals surface area contributed by atoms with Gasteiger partial charge >= 0.3 is 0 Å². The Labute approximate surface area is 113 Å². The summed E-state index contributed by atoms with van der Waals surface area (Å²) >= 11 is 6.30. The van der Waals surface area contributed by atoms with Crippen LogP contribution in [0.15, 0.2) is 23.6 Å². The van der Waals surface area contributed by atoms with Gasteiger partial charge in [0, 0.05) is 10.9 Å². The molecule has 0 saturated heterocycles. The van der Waals surface area contributed by atoms with E-state index in [-0.39, 0.29) is 17.3 Å². The topological polar surface area (TPSA) is 48.1 Å². The number of nitrogens with two attached hydrogens (primary N) is 1. The standard InChI is InChI=1S/C12H11FN2OS2/c1-7-15-9(6-18-7)5-16-11-3-2-8(12(14)17)4-10(11)13/h2-4,6H,5H2,1H3,(H2,14,17). The largest absolute Gasteiger partial charge is 0.484 e. The molecule has 0 spiro atoms. The first kappa shape index (κ1) is 12.9. The van der Waals surface area contributed by atoms with Crippen molar-refractivity contribution in [2.45, 2.75) is 13.5 Å². The van der Waals surface area contributed by atoms with E-state index in [9.17, 15) is 4.39 Å². The average Bonchev–Trinajstić information content (AvgIpc) is 2.73. The lowest BCUT2D eigenvalue weighted by Gasteiger charge is -2.06. The van der Waals surface area contributed by atoms with Crippen LogP contribution in [0.1, 0.15) is 16.3 Å². The molecule has 2 aromatic rings. The maximum atomic E-state index is 13.7. The van der Waals surface area contributed by atoms with Crippen LogP contribution in [0.5, 0.6) is 5.75 Å². The lowest BCUT2D eigenvalue weighted by atomic mass is 10.2. The first-order valence-electron chi connectivity index (χ1n) is 5.19. The Bertz CT molecular complexity index is 583. The highest BCUT2D eigenvalue weighted by Gasteiger charge is 2.07. The summed E-state index contributed by atoms with van der Waals surface area (Å²) in [6, 6.07) is 4.42. The van der Waals surface area contributed by atoms with Gasteiger partial charge in [0.15, 0.2) is 11.6 Å². The molecule has 0 fully saturated rings. The Balaban J connectivity index is 2.08. The van der Waals surface area contributed by atoms with Crippen LogP contribution >= 0.6 is 23.6 Å². The van der Waals surface area contributed by atoms with E-state index in [0.29, 0.717) is 5.56 Å². The first-order chi connectivity index (χ1) is 8.56. The van der Waals surface area contributed by atoms with Gasteiger partial charge < -0.3 is 10.5 Å². The van der Waals surface area contributed by atoms with Crippen molar-refractivity contribution in [3.63, 3.8) is 0 Å². The van der Waals surface area contributed by atoms with Crippen molar-refractivity contribution in [3.8, 4) is 5.75 Å². The highest BCUT2D eigenvalue weighted by Crippen LogP contribution is 2.20. The average molecular weight is 282 g/mol.